The van der Waals surface area contributed by atoms with Crippen LogP contribution in [0.2, 0.25) is 0 Å². The van der Waals surface area contributed by atoms with Gasteiger partial charge in [0.25, 0.3) is 0 Å². The first-order valence-electron chi connectivity index (χ1n) is 11.2. The molecule has 0 aliphatic rings. The molecule has 6 heteroatoms. The minimum absolute atomic E-state index is 0.117. The molecule has 2 heterocycles. The lowest BCUT2D eigenvalue weighted by Gasteiger charge is -2.15. The molecule has 1 N–H and O–H groups in total. The van der Waals surface area contributed by atoms with Crippen molar-refractivity contribution in [1.29, 1.82) is 0 Å². The molecule has 6 nitrogen and oxygen atoms in total. The predicted molar refractivity (Wildman–Crippen MR) is 131 cm³/mol. The number of imidazole rings is 1. The van der Waals surface area contributed by atoms with Crippen molar-refractivity contribution >= 4 is 22.4 Å². The number of rotatable bonds is 9. The van der Waals surface area contributed by atoms with Gasteiger partial charge in [-0.05, 0) is 44.4 Å². The van der Waals surface area contributed by atoms with Crippen LogP contribution in [0.15, 0.2) is 71.9 Å². The molecular formula is C27H29N3O3. The molecule has 0 atom stereocenters. The molecule has 0 unspecified atom stereocenters. The van der Waals surface area contributed by atoms with Crippen LogP contribution in [-0.4, -0.2) is 28.6 Å². The second-order valence-electron chi connectivity index (χ2n) is 7.98. The smallest absolute Gasteiger partial charge is 0.244 e. The maximum atomic E-state index is 12.6. The van der Waals surface area contributed by atoms with Crippen LogP contribution in [0.1, 0.15) is 31.4 Å². The van der Waals surface area contributed by atoms with Gasteiger partial charge in [0.05, 0.1) is 19.2 Å². The minimum Gasteiger partial charge on any atom is -0.493 e. The average Bonchev–Trinajstić information content (AvgIpc) is 3.49. The molecule has 2 aromatic heterocycles. The van der Waals surface area contributed by atoms with Gasteiger partial charge in [0, 0.05) is 53.6 Å². The second-order valence-corrected chi connectivity index (χ2v) is 7.98. The van der Waals surface area contributed by atoms with Crippen molar-refractivity contribution in [3.63, 3.8) is 0 Å². The lowest BCUT2D eigenvalue weighted by molar-refractivity contribution is -0.116. The molecule has 0 fully saturated rings. The van der Waals surface area contributed by atoms with Crippen LogP contribution < -0.4 is 10.1 Å². The van der Waals surface area contributed by atoms with E-state index in [0.717, 1.165) is 57.5 Å². The van der Waals surface area contributed by atoms with Crippen LogP contribution in [-0.2, 0) is 11.3 Å². The molecule has 0 saturated carbocycles. The second kappa shape index (κ2) is 10.2. The topological polar surface area (TPSA) is 69.3 Å². The van der Waals surface area contributed by atoms with Gasteiger partial charge in [0.15, 0.2) is 0 Å². The number of ether oxygens (including phenoxy) is 1. The molecule has 0 bridgehead atoms. The van der Waals surface area contributed by atoms with Gasteiger partial charge in [-0.3, -0.25) is 4.79 Å². The number of aromatic nitrogens is 2. The third kappa shape index (κ3) is 5.00. The number of carbonyl (C=O) groups excluding carboxylic acids is 1. The number of aryl methyl sites for hydroxylation is 2. The highest BCUT2D eigenvalue weighted by atomic mass is 16.5. The first-order chi connectivity index (χ1) is 16.1. The highest BCUT2D eigenvalue weighted by Gasteiger charge is 2.19. The number of fused-ring (bicyclic) bond motifs is 1. The number of nitrogens with one attached hydrogen (secondary N) is 1. The minimum atomic E-state index is -0.117. The Hall–Kier alpha value is -3.80. The summed E-state index contributed by atoms with van der Waals surface area (Å²) in [4.78, 5) is 16.6. The van der Waals surface area contributed by atoms with Crippen molar-refractivity contribution in [2.24, 2.45) is 0 Å². The Labute approximate surface area is 193 Å². The van der Waals surface area contributed by atoms with E-state index >= 15 is 0 Å². The Morgan fingerprint density at radius 2 is 2.09 bits per heavy atom. The summed E-state index contributed by atoms with van der Waals surface area (Å²) in [7, 11) is 0. The van der Waals surface area contributed by atoms with Gasteiger partial charge in [0.1, 0.15) is 11.3 Å². The molecule has 2 aromatic carbocycles. The zero-order valence-electron chi connectivity index (χ0n) is 19.3. The Balaban J connectivity index is 1.60. The number of hydrogen-bond acceptors (Lipinski definition) is 4. The van der Waals surface area contributed by atoms with Gasteiger partial charge in [0.2, 0.25) is 5.91 Å². The SMILES string of the molecule is CCOc1c(/C(C)=C/C(=O)NCCCn2ccnc2)cc2c(-c3ccccc3)coc2c1C. The summed E-state index contributed by atoms with van der Waals surface area (Å²) in [6.07, 6.45) is 9.71. The van der Waals surface area contributed by atoms with Gasteiger partial charge in [-0.1, -0.05) is 30.3 Å². The summed E-state index contributed by atoms with van der Waals surface area (Å²) in [6, 6.07) is 12.2. The molecule has 0 spiro atoms. The molecule has 1 amide bonds. The molecule has 33 heavy (non-hydrogen) atoms. The van der Waals surface area contributed by atoms with Crippen LogP contribution in [0.3, 0.4) is 0 Å². The van der Waals surface area contributed by atoms with Crippen LogP contribution in [0.4, 0.5) is 0 Å². The Morgan fingerprint density at radius 3 is 2.82 bits per heavy atom. The van der Waals surface area contributed by atoms with Gasteiger partial charge >= 0.3 is 0 Å². The fourth-order valence-electron chi connectivity index (χ4n) is 4.00. The summed E-state index contributed by atoms with van der Waals surface area (Å²) in [5.41, 5.74) is 5.58. The number of benzene rings is 2. The lowest BCUT2D eigenvalue weighted by Crippen LogP contribution is -2.23. The quantitative estimate of drug-likeness (QED) is 0.270. The van der Waals surface area contributed by atoms with E-state index < -0.39 is 0 Å². The lowest BCUT2D eigenvalue weighted by atomic mass is 9.96. The summed E-state index contributed by atoms with van der Waals surface area (Å²) in [5, 5.41) is 3.98. The molecule has 0 aliphatic heterocycles. The van der Waals surface area contributed by atoms with Crippen molar-refractivity contribution in [3.05, 3.63) is 78.6 Å². The fourth-order valence-corrected chi connectivity index (χ4v) is 4.00. The molecule has 4 aromatic rings. The zero-order chi connectivity index (χ0) is 23.2. The van der Waals surface area contributed by atoms with Crippen molar-refractivity contribution in [2.75, 3.05) is 13.2 Å². The van der Waals surface area contributed by atoms with Crippen molar-refractivity contribution < 1.29 is 13.9 Å². The zero-order valence-corrected chi connectivity index (χ0v) is 19.3. The Morgan fingerprint density at radius 1 is 1.27 bits per heavy atom. The standard InChI is InChI=1S/C27H29N3O3/c1-4-32-26-20(3)27-23(24(17-33-27)21-9-6-5-7-10-21)16-22(26)19(2)15-25(31)29-11-8-13-30-14-12-28-18-30/h5-7,9-10,12,14-18H,4,8,11,13H2,1-3H3,(H,29,31)/b19-15+. The predicted octanol–water partition coefficient (Wildman–Crippen LogP) is 5.61. The van der Waals surface area contributed by atoms with Crippen LogP contribution in [0.25, 0.3) is 27.7 Å². The Kier molecular flexibility index (Phi) is 6.93. The van der Waals surface area contributed by atoms with E-state index in [1.807, 2.05) is 49.7 Å². The first kappa shape index (κ1) is 22.4. The van der Waals surface area contributed by atoms with E-state index in [9.17, 15) is 4.79 Å². The summed E-state index contributed by atoms with van der Waals surface area (Å²) >= 11 is 0. The number of allylic oxidation sites excluding steroid dienone is 1. The highest BCUT2D eigenvalue weighted by molar-refractivity contribution is 6.01. The van der Waals surface area contributed by atoms with E-state index in [-0.39, 0.29) is 5.91 Å². The number of carbonyl (C=O) groups is 1. The maximum absolute atomic E-state index is 12.6. The van der Waals surface area contributed by atoms with E-state index in [2.05, 4.69) is 28.5 Å². The van der Waals surface area contributed by atoms with E-state index in [4.69, 9.17) is 9.15 Å². The average molecular weight is 444 g/mol. The molecule has 0 aliphatic carbocycles. The van der Waals surface area contributed by atoms with E-state index in [0.29, 0.717) is 13.2 Å². The monoisotopic (exact) mass is 443 g/mol. The summed E-state index contributed by atoms with van der Waals surface area (Å²) in [6.45, 7) is 7.83. The normalized spacial score (nSPS) is 11.7. The third-order valence-corrected chi connectivity index (χ3v) is 5.64. The summed E-state index contributed by atoms with van der Waals surface area (Å²) in [5.74, 6) is 0.634. The maximum Gasteiger partial charge on any atom is 0.244 e. The fraction of sp³-hybridized carbons (Fsp3) is 0.259. The number of amides is 1. The number of hydrogen-bond donors (Lipinski definition) is 1. The van der Waals surface area contributed by atoms with Crippen molar-refractivity contribution in [2.45, 2.75) is 33.7 Å². The van der Waals surface area contributed by atoms with Gasteiger partial charge in [-0.15, -0.1) is 0 Å². The Bertz CT molecular complexity index is 1260. The van der Waals surface area contributed by atoms with Crippen molar-refractivity contribution in [1.82, 2.24) is 14.9 Å². The largest absolute Gasteiger partial charge is 0.493 e. The molecule has 170 valence electrons. The first-order valence-corrected chi connectivity index (χ1v) is 11.2. The highest BCUT2D eigenvalue weighted by Crippen LogP contribution is 2.40. The molecular weight excluding hydrogens is 414 g/mol. The number of nitrogens with zero attached hydrogens (tertiary/aromatic N) is 2. The van der Waals surface area contributed by atoms with Gasteiger partial charge < -0.3 is 19.0 Å². The van der Waals surface area contributed by atoms with Gasteiger partial charge in [-0.2, -0.15) is 0 Å². The van der Waals surface area contributed by atoms with Crippen LogP contribution >= 0.6 is 0 Å². The number of furan rings is 1. The van der Waals surface area contributed by atoms with Crippen molar-refractivity contribution in [3.8, 4) is 16.9 Å². The summed E-state index contributed by atoms with van der Waals surface area (Å²) < 4.78 is 13.9. The van der Waals surface area contributed by atoms with Gasteiger partial charge in [-0.25, -0.2) is 4.98 Å². The van der Waals surface area contributed by atoms with Crippen LogP contribution in [0, 0.1) is 6.92 Å². The molecule has 0 saturated heterocycles. The third-order valence-electron chi connectivity index (χ3n) is 5.64. The van der Waals surface area contributed by atoms with E-state index in [1.165, 1.54) is 0 Å². The molecule has 4 rings (SSSR count). The van der Waals surface area contributed by atoms with Crippen LogP contribution in [0.5, 0.6) is 5.75 Å². The van der Waals surface area contributed by atoms with E-state index in [1.54, 1.807) is 24.9 Å². The molecule has 0 radical (unpaired) electrons.